The van der Waals surface area contributed by atoms with Gasteiger partial charge in [0.05, 0.1) is 12.8 Å². The number of para-hydroxylation sites is 2. The van der Waals surface area contributed by atoms with Gasteiger partial charge in [-0.2, -0.15) is 5.26 Å². The van der Waals surface area contributed by atoms with Crippen LogP contribution >= 0.6 is 11.6 Å². The van der Waals surface area contributed by atoms with E-state index in [0.29, 0.717) is 29.5 Å². The molecular formula is C21H21ClN4O2. The molecule has 1 N–H and O–H groups in total. The van der Waals surface area contributed by atoms with Crippen LogP contribution in [0.3, 0.4) is 0 Å². The predicted molar refractivity (Wildman–Crippen MR) is 111 cm³/mol. The van der Waals surface area contributed by atoms with E-state index in [-0.39, 0.29) is 5.57 Å². The van der Waals surface area contributed by atoms with E-state index >= 15 is 0 Å². The van der Waals surface area contributed by atoms with Gasteiger partial charge in [0.15, 0.2) is 0 Å². The number of nitrogens with one attached hydrogen (secondary N) is 1. The summed E-state index contributed by atoms with van der Waals surface area (Å²) < 4.78 is 5.23. The summed E-state index contributed by atoms with van der Waals surface area (Å²) in [4.78, 5) is 16.7. The Labute approximate surface area is 169 Å². The molecule has 1 heterocycles. The van der Waals surface area contributed by atoms with E-state index in [1.165, 1.54) is 7.11 Å². The lowest BCUT2D eigenvalue weighted by Gasteiger charge is -2.35. The molecule has 0 atom stereocenters. The Kier molecular flexibility index (Phi) is 6.41. The normalized spacial score (nSPS) is 14.4. The molecule has 1 saturated heterocycles. The Morgan fingerprint density at radius 1 is 1.18 bits per heavy atom. The highest BCUT2D eigenvalue weighted by atomic mass is 35.5. The van der Waals surface area contributed by atoms with Crippen LogP contribution in [0.2, 0.25) is 5.02 Å². The van der Waals surface area contributed by atoms with Crippen molar-refractivity contribution in [3.8, 4) is 11.8 Å². The zero-order valence-corrected chi connectivity index (χ0v) is 16.3. The van der Waals surface area contributed by atoms with E-state index in [4.69, 9.17) is 16.3 Å². The van der Waals surface area contributed by atoms with Gasteiger partial charge in [0.25, 0.3) is 5.91 Å². The van der Waals surface area contributed by atoms with Crippen molar-refractivity contribution in [3.63, 3.8) is 0 Å². The molecule has 1 fully saturated rings. The Morgan fingerprint density at radius 3 is 2.61 bits per heavy atom. The number of piperazine rings is 1. The highest BCUT2D eigenvalue weighted by molar-refractivity contribution is 6.30. The molecule has 0 aromatic heterocycles. The first-order chi connectivity index (χ1) is 13.6. The molecule has 1 aliphatic heterocycles. The SMILES string of the molecule is COc1ccccc1NC(=O)/C(C#N)=C\N1CCN(c2cccc(Cl)c2)CC1. The van der Waals surface area contributed by atoms with E-state index in [1.54, 1.807) is 24.4 Å². The molecular weight excluding hydrogens is 376 g/mol. The zero-order chi connectivity index (χ0) is 19.9. The van der Waals surface area contributed by atoms with Gasteiger partial charge in [0.2, 0.25) is 0 Å². The monoisotopic (exact) mass is 396 g/mol. The molecule has 2 aromatic rings. The number of nitrogens with zero attached hydrogens (tertiary/aromatic N) is 3. The maximum absolute atomic E-state index is 12.5. The van der Waals surface area contributed by atoms with E-state index in [1.807, 2.05) is 41.3 Å². The minimum atomic E-state index is -0.454. The summed E-state index contributed by atoms with van der Waals surface area (Å²) in [5.41, 5.74) is 1.66. The number of rotatable bonds is 5. The first kappa shape index (κ1) is 19.6. The Morgan fingerprint density at radius 2 is 1.93 bits per heavy atom. The van der Waals surface area contributed by atoms with Gasteiger partial charge in [0.1, 0.15) is 17.4 Å². The third-order valence-electron chi connectivity index (χ3n) is 4.52. The smallest absolute Gasteiger partial charge is 0.267 e. The van der Waals surface area contributed by atoms with E-state index in [2.05, 4.69) is 10.2 Å². The number of amides is 1. The fourth-order valence-corrected chi connectivity index (χ4v) is 3.22. The second-order valence-corrected chi connectivity index (χ2v) is 6.75. The zero-order valence-electron chi connectivity index (χ0n) is 15.6. The van der Waals surface area contributed by atoms with Gasteiger partial charge in [-0.15, -0.1) is 0 Å². The average Bonchev–Trinajstić information content (AvgIpc) is 2.72. The Hall–Kier alpha value is -3.17. The van der Waals surface area contributed by atoms with Gasteiger partial charge in [0, 0.05) is 43.1 Å². The van der Waals surface area contributed by atoms with Crippen LogP contribution in [0.25, 0.3) is 0 Å². The van der Waals surface area contributed by atoms with Gasteiger partial charge in [-0.05, 0) is 30.3 Å². The summed E-state index contributed by atoms with van der Waals surface area (Å²) in [7, 11) is 1.53. The number of hydrogen-bond donors (Lipinski definition) is 1. The minimum Gasteiger partial charge on any atom is -0.495 e. The minimum absolute atomic E-state index is 0.0575. The lowest BCUT2D eigenvalue weighted by Crippen LogP contribution is -2.44. The number of benzene rings is 2. The number of carbonyl (C=O) groups excluding carboxylic acids is 1. The molecule has 6 nitrogen and oxygen atoms in total. The third-order valence-corrected chi connectivity index (χ3v) is 4.75. The van der Waals surface area contributed by atoms with Crippen molar-refractivity contribution in [2.75, 3.05) is 43.5 Å². The maximum atomic E-state index is 12.5. The topological polar surface area (TPSA) is 68.6 Å². The van der Waals surface area contributed by atoms with Crippen molar-refractivity contribution in [1.82, 2.24) is 4.90 Å². The van der Waals surface area contributed by atoms with Crippen molar-refractivity contribution in [3.05, 3.63) is 65.3 Å². The van der Waals surface area contributed by atoms with E-state index in [0.717, 1.165) is 18.8 Å². The van der Waals surface area contributed by atoms with Crippen LogP contribution in [0.4, 0.5) is 11.4 Å². The summed E-state index contributed by atoms with van der Waals surface area (Å²) in [6.45, 7) is 2.98. The van der Waals surface area contributed by atoms with Gasteiger partial charge < -0.3 is 19.9 Å². The summed E-state index contributed by atoms with van der Waals surface area (Å²) >= 11 is 6.07. The molecule has 0 unspecified atom stereocenters. The summed E-state index contributed by atoms with van der Waals surface area (Å²) in [6, 6.07) is 16.8. The van der Waals surface area contributed by atoms with E-state index < -0.39 is 5.91 Å². The number of hydrogen-bond acceptors (Lipinski definition) is 5. The molecule has 3 rings (SSSR count). The Balaban J connectivity index is 1.63. The molecule has 2 aromatic carbocycles. The standard InChI is InChI=1S/C21H21ClN4O2/c1-28-20-8-3-2-7-19(20)24-21(27)16(14-23)15-25-9-11-26(12-10-25)18-6-4-5-17(22)13-18/h2-8,13,15H,9-12H2,1H3,(H,24,27)/b16-15-. The highest BCUT2D eigenvalue weighted by Gasteiger charge is 2.18. The van der Waals surface area contributed by atoms with Crippen molar-refractivity contribution in [2.45, 2.75) is 0 Å². The molecule has 0 aliphatic carbocycles. The van der Waals surface area contributed by atoms with Crippen LogP contribution in [-0.2, 0) is 4.79 Å². The quantitative estimate of drug-likeness (QED) is 0.618. The van der Waals surface area contributed by atoms with Crippen molar-refractivity contribution >= 4 is 28.9 Å². The summed E-state index contributed by atoms with van der Waals surface area (Å²) in [5.74, 6) is 0.0903. The highest BCUT2D eigenvalue weighted by Crippen LogP contribution is 2.24. The molecule has 144 valence electrons. The number of carbonyl (C=O) groups is 1. The summed E-state index contributed by atoms with van der Waals surface area (Å²) in [6.07, 6.45) is 1.63. The van der Waals surface area contributed by atoms with Gasteiger partial charge in [-0.25, -0.2) is 0 Å². The number of halogens is 1. The molecule has 1 amide bonds. The molecule has 0 saturated carbocycles. The number of methoxy groups -OCH3 is 1. The molecule has 28 heavy (non-hydrogen) atoms. The van der Waals surface area contributed by atoms with Crippen LogP contribution in [0, 0.1) is 11.3 Å². The van der Waals surface area contributed by atoms with Gasteiger partial charge in [-0.3, -0.25) is 4.79 Å². The molecule has 0 radical (unpaired) electrons. The van der Waals surface area contributed by atoms with Crippen molar-refractivity contribution < 1.29 is 9.53 Å². The fraction of sp³-hybridized carbons (Fsp3) is 0.238. The van der Waals surface area contributed by atoms with Crippen LogP contribution < -0.4 is 15.0 Å². The van der Waals surface area contributed by atoms with Crippen molar-refractivity contribution in [2.24, 2.45) is 0 Å². The van der Waals surface area contributed by atoms with Crippen LogP contribution in [-0.4, -0.2) is 44.1 Å². The van der Waals surface area contributed by atoms with Crippen LogP contribution in [0.15, 0.2) is 60.3 Å². The molecule has 0 spiro atoms. The lowest BCUT2D eigenvalue weighted by molar-refractivity contribution is -0.112. The number of nitriles is 1. The first-order valence-corrected chi connectivity index (χ1v) is 9.29. The third kappa shape index (κ3) is 4.76. The average molecular weight is 397 g/mol. The molecule has 0 bridgehead atoms. The predicted octanol–water partition coefficient (Wildman–Crippen LogP) is 3.52. The number of anilines is 2. The molecule has 7 heteroatoms. The van der Waals surface area contributed by atoms with E-state index in [9.17, 15) is 10.1 Å². The Bertz CT molecular complexity index is 915. The fourth-order valence-electron chi connectivity index (χ4n) is 3.04. The number of ether oxygens (including phenoxy) is 1. The second kappa shape index (κ2) is 9.16. The van der Waals surface area contributed by atoms with Crippen molar-refractivity contribution in [1.29, 1.82) is 5.26 Å². The van der Waals surface area contributed by atoms with Gasteiger partial charge in [-0.1, -0.05) is 29.8 Å². The van der Waals surface area contributed by atoms with Crippen LogP contribution in [0.5, 0.6) is 5.75 Å². The van der Waals surface area contributed by atoms with Crippen LogP contribution in [0.1, 0.15) is 0 Å². The first-order valence-electron chi connectivity index (χ1n) is 8.91. The maximum Gasteiger partial charge on any atom is 0.267 e. The lowest BCUT2D eigenvalue weighted by atomic mass is 10.2. The second-order valence-electron chi connectivity index (χ2n) is 6.31. The van der Waals surface area contributed by atoms with Gasteiger partial charge >= 0.3 is 0 Å². The molecule has 1 aliphatic rings. The summed E-state index contributed by atoms with van der Waals surface area (Å²) in [5, 5.41) is 12.9. The largest absolute Gasteiger partial charge is 0.495 e.